The summed E-state index contributed by atoms with van der Waals surface area (Å²) in [5.74, 6) is 7.68. The van der Waals surface area contributed by atoms with Gasteiger partial charge in [0.2, 0.25) is 0 Å². The molecule has 5 nitrogen and oxygen atoms in total. The first-order valence-corrected chi connectivity index (χ1v) is 12.5. The van der Waals surface area contributed by atoms with Gasteiger partial charge in [-0.25, -0.2) is 0 Å². The van der Waals surface area contributed by atoms with Crippen molar-refractivity contribution in [2.75, 3.05) is 0 Å². The van der Waals surface area contributed by atoms with Gasteiger partial charge in [0.05, 0.1) is 5.92 Å². The van der Waals surface area contributed by atoms with E-state index < -0.39 is 0 Å². The van der Waals surface area contributed by atoms with Crippen LogP contribution < -0.4 is 4.74 Å². The number of nitrogens with one attached hydrogen (secondary N) is 1. The molecule has 0 aliphatic heterocycles. The average molecular weight is 499 g/mol. The van der Waals surface area contributed by atoms with Crippen LogP contribution in [0.2, 0.25) is 4.34 Å². The zero-order valence-electron chi connectivity index (χ0n) is 19.4. The van der Waals surface area contributed by atoms with Crippen molar-refractivity contribution in [2.45, 2.75) is 32.8 Å². The lowest BCUT2D eigenvalue weighted by molar-refractivity contribution is 0.306. The Morgan fingerprint density at radius 2 is 1.91 bits per heavy atom. The number of aryl methyl sites for hydroxylation is 1. The van der Waals surface area contributed by atoms with E-state index in [9.17, 15) is 0 Å². The number of tetrazole rings is 1. The summed E-state index contributed by atoms with van der Waals surface area (Å²) in [5, 5.41) is 15.4. The highest BCUT2D eigenvalue weighted by Crippen LogP contribution is 2.43. The van der Waals surface area contributed by atoms with Gasteiger partial charge in [-0.3, -0.25) is 0 Å². The number of hydrogen-bond acceptors (Lipinski definition) is 5. The molecule has 3 aromatic carbocycles. The van der Waals surface area contributed by atoms with Crippen LogP contribution >= 0.6 is 22.9 Å². The van der Waals surface area contributed by atoms with Crippen LogP contribution in [0.1, 0.15) is 35.4 Å². The zero-order chi connectivity index (χ0) is 24.2. The maximum absolute atomic E-state index is 6.67. The number of aromatic amines is 1. The SMILES string of the molecule is CC#CC(Cc1nn[nH]n1)c1ccc(OCc2ccc3sc(Cl)c(-c4ccccc4C)c3c2)cc1. The maximum atomic E-state index is 6.67. The number of rotatable bonds is 7. The van der Waals surface area contributed by atoms with Gasteiger partial charge in [-0.05, 0) is 60.4 Å². The van der Waals surface area contributed by atoms with Crippen LogP contribution in [0.25, 0.3) is 21.2 Å². The van der Waals surface area contributed by atoms with Gasteiger partial charge in [0.15, 0.2) is 5.82 Å². The Hall–Kier alpha value is -3.66. The molecule has 5 aromatic rings. The van der Waals surface area contributed by atoms with Crippen molar-refractivity contribution in [3.8, 4) is 28.7 Å². The summed E-state index contributed by atoms with van der Waals surface area (Å²) >= 11 is 8.28. The lowest BCUT2D eigenvalue weighted by atomic mass is 9.96. The molecule has 7 heteroatoms. The summed E-state index contributed by atoms with van der Waals surface area (Å²) in [6, 6.07) is 22.8. The van der Waals surface area contributed by atoms with E-state index in [1.165, 1.54) is 15.8 Å². The highest BCUT2D eigenvalue weighted by atomic mass is 35.5. The number of halogens is 1. The minimum Gasteiger partial charge on any atom is -0.489 e. The summed E-state index contributed by atoms with van der Waals surface area (Å²) in [7, 11) is 0. The molecule has 174 valence electrons. The fraction of sp³-hybridized carbons (Fsp3) is 0.179. The number of hydrogen-bond donors (Lipinski definition) is 1. The van der Waals surface area contributed by atoms with E-state index in [0.717, 1.165) is 32.2 Å². The molecule has 0 fully saturated rings. The number of H-pyrrole nitrogens is 1. The Balaban J connectivity index is 1.33. The molecule has 0 saturated carbocycles. The van der Waals surface area contributed by atoms with Crippen molar-refractivity contribution >= 4 is 33.0 Å². The maximum Gasteiger partial charge on any atom is 0.176 e. The monoisotopic (exact) mass is 498 g/mol. The number of thiophene rings is 1. The molecule has 0 aliphatic rings. The van der Waals surface area contributed by atoms with Gasteiger partial charge in [-0.15, -0.1) is 27.5 Å². The van der Waals surface area contributed by atoms with Crippen molar-refractivity contribution in [2.24, 2.45) is 0 Å². The highest BCUT2D eigenvalue weighted by Gasteiger charge is 2.15. The van der Waals surface area contributed by atoms with E-state index in [1.54, 1.807) is 11.3 Å². The highest BCUT2D eigenvalue weighted by molar-refractivity contribution is 7.23. The van der Waals surface area contributed by atoms with E-state index in [2.05, 4.69) is 75.8 Å². The van der Waals surface area contributed by atoms with Gasteiger partial charge >= 0.3 is 0 Å². The van der Waals surface area contributed by atoms with Crippen molar-refractivity contribution in [1.29, 1.82) is 0 Å². The summed E-state index contributed by atoms with van der Waals surface area (Å²) in [6.45, 7) is 4.42. The second-order valence-electron chi connectivity index (χ2n) is 8.23. The van der Waals surface area contributed by atoms with Crippen LogP contribution in [0.3, 0.4) is 0 Å². The third kappa shape index (κ3) is 5.07. The minimum atomic E-state index is -0.00254. The molecule has 0 aliphatic carbocycles. The lowest BCUT2D eigenvalue weighted by Crippen LogP contribution is -2.03. The molecule has 1 unspecified atom stereocenters. The Morgan fingerprint density at radius 3 is 2.66 bits per heavy atom. The number of ether oxygens (including phenoxy) is 1. The van der Waals surface area contributed by atoms with Crippen LogP contribution in [0.15, 0.2) is 66.7 Å². The first-order valence-electron chi connectivity index (χ1n) is 11.3. The fourth-order valence-electron chi connectivity index (χ4n) is 4.15. The molecular weight excluding hydrogens is 476 g/mol. The van der Waals surface area contributed by atoms with Crippen LogP contribution in [0, 0.1) is 18.8 Å². The standard InChI is InChI=1S/C28H23ClN4OS/c1-3-6-21(16-26-30-32-33-31-26)20-10-12-22(13-11-20)34-17-19-9-14-25-24(15-19)27(28(29)35-25)23-8-5-4-7-18(23)2/h4-5,7-15,21H,16-17H2,1-2H3,(H,30,31,32,33). The number of benzene rings is 3. The van der Waals surface area contributed by atoms with E-state index in [-0.39, 0.29) is 5.92 Å². The van der Waals surface area contributed by atoms with E-state index in [1.807, 2.05) is 37.3 Å². The van der Waals surface area contributed by atoms with Crippen LogP contribution in [-0.2, 0) is 13.0 Å². The van der Waals surface area contributed by atoms with E-state index in [0.29, 0.717) is 18.9 Å². The Bertz CT molecular complexity index is 1510. The predicted octanol–water partition coefficient (Wildman–Crippen LogP) is 6.97. The number of aromatic nitrogens is 4. The van der Waals surface area contributed by atoms with Gasteiger partial charge in [0.1, 0.15) is 16.7 Å². The van der Waals surface area contributed by atoms with Crippen molar-refractivity contribution in [3.63, 3.8) is 0 Å². The second kappa shape index (κ2) is 10.3. The van der Waals surface area contributed by atoms with Crippen molar-refractivity contribution in [1.82, 2.24) is 20.6 Å². The van der Waals surface area contributed by atoms with Gasteiger partial charge < -0.3 is 4.74 Å². The summed E-state index contributed by atoms with van der Waals surface area (Å²) in [4.78, 5) is 0. The topological polar surface area (TPSA) is 63.7 Å². The van der Waals surface area contributed by atoms with E-state index >= 15 is 0 Å². The Morgan fingerprint density at radius 1 is 1.09 bits per heavy atom. The van der Waals surface area contributed by atoms with E-state index in [4.69, 9.17) is 16.3 Å². The molecule has 0 amide bonds. The number of fused-ring (bicyclic) bond motifs is 1. The molecule has 0 saturated heterocycles. The molecule has 0 radical (unpaired) electrons. The molecule has 5 rings (SSSR count). The molecule has 1 N–H and O–H groups in total. The largest absolute Gasteiger partial charge is 0.489 e. The molecule has 2 heterocycles. The van der Waals surface area contributed by atoms with Gasteiger partial charge in [0, 0.05) is 22.1 Å². The summed E-state index contributed by atoms with van der Waals surface area (Å²) in [6.07, 6.45) is 0.601. The molecular formula is C28H23ClN4OS. The first kappa shape index (κ1) is 23.1. The van der Waals surface area contributed by atoms with Gasteiger partial charge in [-0.1, -0.05) is 65.2 Å². The predicted molar refractivity (Wildman–Crippen MR) is 142 cm³/mol. The minimum absolute atomic E-state index is 0.00254. The number of nitrogens with zero attached hydrogens (tertiary/aromatic N) is 3. The molecule has 0 spiro atoms. The molecule has 35 heavy (non-hydrogen) atoms. The molecule has 2 aromatic heterocycles. The smallest absolute Gasteiger partial charge is 0.176 e. The third-order valence-corrected chi connectivity index (χ3v) is 7.29. The molecule has 1 atom stereocenters. The van der Waals surface area contributed by atoms with Crippen LogP contribution in [-0.4, -0.2) is 20.6 Å². The van der Waals surface area contributed by atoms with Gasteiger partial charge in [-0.2, -0.15) is 5.21 Å². The Kier molecular flexibility index (Phi) is 6.80. The normalized spacial score (nSPS) is 11.7. The Labute approximate surface area is 213 Å². The van der Waals surface area contributed by atoms with Crippen molar-refractivity contribution in [3.05, 3.63) is 93.6 Å². The van der Waals surface area contributed by atoms with Crippen LogP contribution in [0.4, 0.5) is 0 Å². The third-order valence-electron chi connectivity index (χ3n) is 5.91. The fourth-order valence-corrected chi connectivity index (χ4v) is 5.53. The van der Waals surface area contributed by atoms with Crippen LogP contribution in [0.5, 0.6) is 5.75 Å². The van der Waals surface area contributed by atoms with Crippen molar-refractivity contribution < 1.29 is 4.74 Å². The summed E-state index contributed by atoms with van der Waals surface area (Å²) in [5.41, 5.74) is 5.66. The second-order valence-corrected chi connectivity index (χ2v) is 9.89. The zero-order valence-corrected chi connectivity index (χ0v) is 21.0. The van der Waals surface area contributed by atoms with Gasteiger partial charge in [0.25, 0.3) is 0 Å². The lowest BCUT2D eigenvalue weighted by Gasteiger charge is -2.11. The average Bonchev–Trinajstić information content (AvgIpc) is 3.50. The first-order chi connectivity index (χ1) is 17.1. The molecule has 0 bridgehead atoms. The summed E-state index contributed by atoms with van der Waals surface area (Å²) < 4.78 is 8.10. The quantitative estimate of drug-likeness (QED) is 0.246.